The summed E-state index contributed by atoms with van der Waals surface area (Å²) in [5.74, 6) is -1.06. The van der Waals surface area contributed by atoms with Crippen molar-refractivity contribution < 1.29 is 19.1 Å². The Bertz CT molecular complexity index is 559. The monoisotopic (exact) mass is 303 g/mol. The molecule has 1 aromatic rings. The molecule has 0 spiro atoms. The van der Waals surface area contributed by atoms with E-state index in [4.69, 9.17) is 9.47 Å². The number of ether oxygens (including phenoxy) is 2. The fraction of sp³-hybridized carbons (Fsp3) is 0.529. The van der Waals surface area contributed by atoms with Crippen LogP contribution in [0.4, 0.5) is 0 Å². The van der Waals surface area contributed by atoms with E-state index in [1.54, 1.807) is 24.3 Å². The summed E-state index contributed by atoms with van der Waals surface area (Å²) < 4.78 is 10.6. The van der Waals surface area contributed by atoms with Crippen LogP contribution in [0, 0.1) is 5.92 Å². The number of methoxy groups -OCH3 is 1. The predicted molar refractivity (Wildman–Crippen MR) is 80.3 cm³/mol. The molecular weight excluding hydrogens is 282 g/mol. The number of nitrogens with zero attached hydrogens (tertiary/aromatic N) is 1. The molecule has 5 heteroatoms. The van der Waals surface area contributed by atoms with Gasteiger partial charge in [0.2, 0.25) is 0 Å². The number of carbonyl (C=O) groups is 2. The summed E-state index contributed by atoms with van der Waals surface area (Å²) in [4.78, 5) is 26.7. The SMILES string of the molecule is COC(=O)[C@@H]1[C@@H](OC(=O)c2ccccc2)C[C@H]2CC[C@@H]1N2C. The van der Waals surface area contributed by atoms with Gasteiger partial charge < -0.3 is 9.47 Å². The first-order valence-electron chi connectivity index (χ1n) is 7.67. The Morgan fingerprint density at radius 3 is 2.59 bits per heavy atom. The van der Waals surface area contributed by atoms with Gasteiger partial charge in [-0.3, -0.25) is 9.69 Å². The first-order chi connectivity index (χ1) is 10.6. The van der Waals surface area contributed by atoms with Crippen molar-refractivity contribution in [1.82, 2.24) is 4.90 Å². The third kappa shape index (κ3) is 2.61. The van der Waals surface area contributed by atoms with Crippen molar-refractivity contribution in [2.45, 2.75) is 37.5 Å². The molecule has 0 aliphatic carbocycles. The lowest BCUT2D eigenvalue weighted by Gasteiger charge is -2.40. The molecule has 3 rings (SSSR count). The third-order valence-corrected chi connectivity index (χ3v) is 4.96. The smallest absolute Gasteiger partial charge is 0.338 e. The van der Waals surface area contributed by atoms with Gasteiger partial charge in [0.15, 0.2) is 0 Å². The molecule has 0 aromatic heterocycles. The highest BCUT2D eigenvalue weighted by Crippen LogP contribution is 2.40. The van der Waals surface area contributed by atoms with Crippen LogP contribution in [-0.2, 0) is 14.3 Å². The predicted octanol–water partition coefficient (Wildman–Crippen LogP) is 1.87. The molecular formula is C17H21NO4. The fourth-order valence-electron chi connectivity index (χ4n) is 3.77. The van der Waals surface area contributed by atoms with Gasteiger partial charge in [-0.05, 0) is 32.0 Å². The Morgan fingerprint density at radius 2 is 1.91 bits per heavy atom. The summed E-state index contributed by atoms with van der Waals surface area (Å²) in [5.41, 5.74) is 0.511. The average molecular weight is 303 g/mol. The van der Waals surface area contributed by atoms with Crippen LogP contribution in [0.1, 0.15) is 29.6 Å². The number of carbonyl (C=O) groups excluding carboxylic acids is 2. The lowest BCUT2D eigenvalue weighted by atomic mass is 9.87. The van der Waals surface area contributed by atoms with Gasteiger partial charge in [0, 0.05) is 18.5 Å². The van der Waals surface area contributed by atoms with E-state index in [9.17, 15) is 9.59 Å². The zero-order valence-corrected chi connectivity index (χ0v) is 12.9. The van der Waals surface area contributed by atoms with Gasteiger partial charge in [-0.1, -0.05) is 18.2 Å². The van der Waals surface area contributed by atoms with Gasteiger partial charge in [-0.15, -0.1) is 0 Å². The second-order valence-electron chi connectivity index (χ2n) is 6.06. The van der Waals surface area contributed by atoms with E-state index in [1.807, 2.05) is 13.1 Å². The summed E-state index contributed by atoms with van der Waals surface area (Å²) in [6.45, 7) is 0. The minimum absolute atomic E-state index is 0.0970. The standard InChI is InChI=1S/C17H21NO4/c1-18-12-8-9-13(18)15(17(20)21-2)14(10-12)22-16(19)11-6-4-3-5-7-11/h3-7,12-15H,8-10H2,1-2H3/t12-,13+,14+,15+/m1/s1. The van der Waals surface area contributed by atoms with Crippen molar-refractivity contribution in [3.05, 3.63) is 35.9 Å². The molecule has 5 nitrogen and oxygen atoms in total. The summed E-state index contributed by atoms with van der Waals surface area (Å²) in [5, 5.41) is 0. The van der Waals surface area contributed by atoms with Crippen LogP contribution in [0.15, 0.2) is 30.3 Å². The van der Waals surface area contributed by atoms with E-state index >= 15 is 0 Å². The second-order valence-corrected chi connectivity index (χ2v) is 6.06. The molecule has 4 atom stereocenters. The Labute approximate surface area is 130 Å². The van der Waals surface area contributed by atoms with E-state index in [0.29, 0.717) is 18.0 Å². The van der Waals surface area contributed by atoms with Crippen LogP contribution in [0.2, 0.25) is 0 Å². The van der Waals surface area contributed by atoms with Crippen LogP contribution in [0.5, 0.6) is 0 Å². The van der Waals surface area contributed by atoms with Crippen LogP contribution >= 0.6 is 0 Å². The highest BCUT2D eigenvalue weighted by Gasteiger charge is 2.50. The van der Waals surface area contributed by atoms with E-state index < -0.39 is 12.0 Å². The topological polar surface area (TPSA) is 55.8 Å². The van der Waals surface area contributed by atoms with Crippen LogP contribution < -0.4 is 0 Å². The Kier molecular flexibility index (Phi) is 4.16. The molecule has 0 amide bonds. The summed E-state index contributed by atoms with van der Waals surface area (Å²) >= 11 is 0. The molecule has 118 valence electrons. The normalized spacial score (nSPS) is 30.8. The van der Waals surface area contributed by atoms with E-state index in [0.717, 1.165) is 12.8 Å². The number of hydrogen-bond donors (Lipinski definition) is 0. The maximum Gasteiger partial charge on any atom is 0.338 e. The van der Waals surface area contributed by atoms with Gasteiger partial charge in [0.25, 0.3) is 0 Å². The number of esters is 2. The minimum atomic E-state index is -0.408. The Hall–Kier alpha value is -1.88. The highest BCUT2D eigenvalue weighted by atomic mass is 16.6. The van der Waals surface area contributed by atoms with Crippen molar-refractivity contribution in [2.24, 2.45) is 5.92 Å². The number of hydrogen-bond acceptors (Lipinski definition) is 5. The van der Waals surface area contributed by atoms with Crippen LogP contribution in [-0.4, -0.2) is 49.2 Å². The zero-order valence-electron chi connectivity index (χ0n) is 12.9. The van der Waals surface area contributed by atoms with Gasteiger partial charge in [-0.2, -0.15) is 0 Å². The molecule has 0 unspecified atom stereocenters. The van der Waals surface area contributed by atoms with Crippen LogP contribution in [0.25, 0.3) is 0 Å². The molecule has 2 fully saturated rings. The zero-order chi connectivity index (χ0) is 15.7. The van der Waals surface area contributed by atoms with Crippen LogP contribution in [0.3, 0.4) is 0 Å². The maximum absolute atomic E-state index is 12.3. The van der Waals surface area contributed by atoms with E-state index in [2.05, 4.69) is 4.90 Å². The molecule has 2 bridgehead atoms. The molecule has 2 aliphatic rings. The van der Waals surface area contributed by atoms with E-state index in [1.165, 1.54) is 7.11 Å². The first kappa shape index (κ1) is 15.0. The molecule has 0 saturated carbocycles. The maximum atomic E-state index is 12.3. The first-order valence-corrected chi connectivity index (χ1v) is 7.67. The molecule has 2 aliphatic heterocycles. The summed E-state index contributed by atoms with van der Waals surface area (Å²) in [7, 11) is 3.42. The molecule has 0 N–H and O–H groups in total. The van der Waals surface area contributed by atoms with Crippen molar-refractivity contribution in [3.8, 4) is 0 Å². The largest absolute Gasteiger partial charge is 0.469 e. The Morgan fingerprint density at radius 1 is 1.18 bits per heavy atom. The lowest BCUT2D eigenvalue weighted by Crippen LogP contribution is -2.53. The van der Waals surface area contributed by atoms with Gasteiger partial charge in [0.1, 0.15) is 12.0 Å². The number of piperidine rings is 1. The van der Waals surface area contributed by atoms with Crippen molar-refractivity contribution in [1.29, 1.82) is 0 Å². The fourth-order valence-corrected chi connectivity index (χ4v) is 3.77. The third-order valence-electron chi connectivity index (χ3n) is 4.96. The molecule has 2 saturated heterocycles. The molecule has 0 radical (unpaired) electrons. The van der Waals surface area contributed by atoms with Gasteiger partial charge in [0.05, 0.1) is 12.7 Å². The number of rotatable bonds is 3. The highest BCUT2D eigenvalue weighted by molar-refractivity contribution is 5.89. The quantitative estimate of drug-likeness (QED) is 0.798. The van der Waals surface area contributed by atoms with Crippen molar-refractivity contribution in [3.63, 3.8) is 0 Å². The summed E-state index contributed by atoms with van der Waals surface area (Å²) in [6, 6.07) is 9.36. The van der Waals surface area contributed by atoms with Gasteiger partial charge >= 0.3 is 11.9 Å². The molecule has 1 aromatic carbocycles. The summed E-state index contributed by atoms with van der Waals surface area (Å²) in [6.07, 6.45) is 2.26. The van der Waals surface area contributed by atoms with E-state index in [-0.39, 0.29) is 18.0 Å². The second kappa shape index (κ2) is 6.08. The van der Waals surface area contributed by atoms with Gasteiger partial charge in [-0.25, -0.2) is 4.79 Å². The number of benzene rings is 1. The van der Waals surface area contributed by atoms with Crippen molar-refractivity contribution in [2.75, 3.05) is 14.2 Å². The molecule has 22 heavy (non-hydrogen) atoms. The lowest BCUT2D eigenvalue weighted by molar-refractivity contribution is -0.156. The minimum Gasteiger partial charge on any atom is -0.469 e. The number of fused-ring (bicyclic) bond motifs is 2. The Balaban J connectivity index is 1.79. The average Bonchev–Trinajstić information content (AvgIpc) is 2.78. The van der Waals surface area contributed by atoms with Crippen molar-refractivity contribution >= 4 is 11.9 Å². The molecule has 2 heterocycles.